The average Bonchev–Trinajstić information content (AvgIpc) is 2.46. The smallest absolute Gasteiger partial charge is 0.255 e. The molecule has 0 aliphatic rings. The first-order valence-electron chi connectivity index (χ1n) is 5.68. The SMILES string of the molecule is N#Cc1ccc(NC(=O)c2cc(F)c(N)c(F)c2)c(F)c1. The molecule has 0 aliphatic carbocycles. The molecular weight excluding hydrogens is 283 g/mol. The molecule has 21 heavy (non-hydrogen) atoms. The van der Waals surface area contributed by atoms with Crippen LogP contribution in [-0.2, 0) is 0 Å². The summed E-state index contributed by atoms with van der Waals surface area (Å²) in [4.78, 5) is 11.8. The lowest BCUT2D eigenvalue weighted by Crippen LogP contribution is -2.14. The lowest BCUT2D eigenvalue weighted by Gasteiger charge is -2.08. The van der Waals surface area contributed by atoms with E-state index in [0.29, 0.717) is 0 Å². The number of carbonyl (C=O) groups excluding carboxylic acids is 1. The fraction of sp³-hybridized carbons (Fsp3) is 0. The fourth-order valence-electron chi connectivity index (χ4n) is 1.60. The molecule has 0 unspecified atom stereocenters. The standard InChI is InChI=1S/C14H8F3N3O/c15-9-3-7(6-18)1-2-12(9)20-14(21)8-4-10(16)13(19)11(17)5-8/h1-5H,19H2,(H,20,21). The molecule has 2 rings (SSSR count). The Kier molecular flexibility index (Phi) is 3.80. The van der Waals surface area contributed by atoms with Crippen LogP contribution in [-0.4, -0.2) is 5.91 Å². The maximum Gasteiger partial charge on any atom is 0.255 e. The van der Waals surface area contributed by atoms with Crippen molar-refractivity contribution in [3.05, 3.63) is 58.9 Å². The minimum absolute atomic E-state index is 0.0788. The number of hydrogen-bond acceptors (Lipinski definition) is 3. The van der Waals surface area contributed by atoms with Crippen LogP contribution < -0.4 is 11.1 Å². The molecular formula is C14H8F3N3O. The van der Waals surface area contributed by atoms with Crippen molar-refractivity contribution in [2.75, 3.05) is 11.1 Å². The quantitative estimate of drug-likeness (QED) is 0.835. The van der Waals surface area contributed by atoms with Crippen LogP contribution in [0.5, 0.6) is 0 Å². The second-order valence-corrected chi connectivity index (χ2v) is 4.11. The first kappa shape index (κ1) is 14.4. The van der Waals surface area contributed by atoms with Crippen LogP contribution in [0.4, 0.5) is 24.5 Å². The summed E-state index contributed by atoms with van der Waals surface area (Å²) in [5.74, 6) is -3.91. The Balaban J connectivity index is 2.28. The minimum atomic E-state index is -1.08. The van der Waals surface area contributed by atoms with E-state index in [9.17, 15) is 18.0 Å². The molecule has 106 valence electrons. The van der Waals surface area contributed by atoms with E-state index in [-0.39, 0.29) is 16.8 Å². The number of benzene rings is 2. The van der Waals surface area contributed by atoms with Crippen molar-refractivity contribution in [2.45, 2.75) is 0 Å². The van der Waals surface area contributed by atoms with E-state index in [0.717, 1.165) is 18.2 Å². The Morgan fingerprint density at radius 2 is 1.71 bits per heavy atom. The molecule has 7 heteroatoms. The Morgan fingerprint density at radius 3 is 2.24 bits per heavy atom. The van der Waals surface area contributed by atoms with Crippen LogP contribution in [0.2, 0.25) is 0 Å². The summed E-state index contributed by atoms with van der Waals surface area (Å²) in [7, 11) is 0. The Morgan fingerprint density at radius 1 is 1.10 bits per heavy atom. The van der Waals surface area contributed by atoms with E-state index < -0.39 is 29.0 Å². The zero-order chi connectivity index (χ0) is 15.6. The first-order valence-corrected chi connectivity index (χ1v) is 5.68. The van der Waals surface area contributed by atoms with E-state index in [1.54, 1.807) is 6.07 Å². The number of nitrogens with one attached hydrogen (secondary N) is 1. The highest BCUT2D eigenvalue weighted by Crippen LogP contribution is 2.20. The number of nitriles is 1. The van der Waals surface area contributed by atoms with Gasteiger partial charge < -0.3 is 11.1 Å². The minimum Gasteiger partial charge on any atom is -0.394 e. The number of nitrogen functional groups attached to an aromatic ring is 1. The molecule has 2 aromatic carbocycles. The molecule has 0 heterocycles. The van der Waals surface area contributed by atoms with Crippen molar-refractivity contribution in [1.29, 1.82) is 5.26 Å². The summed E-state index contributed by atoms with van der Waals surface area (Å²) in [6.45, 7) is 0. The normalized spacial score (nSPS) is 10.0. The number of amides is 1. The molecule has 0 aliphatic heterocycles. The lowest BCUT2D eigenvalue weighted by atomic mass is 10.1. The Hall–Kier alpha value is -3.01. The number of hydrogen-bond donors (Lipinski definition) is 2. The second kappa shape index (κ2) is 5.54. The van der Waals surface area contributed by atoms with Gasteiger partial charge >= 0.3 is 0 Å². The number of rotatable bonds is 2. The fourth-order valence-corrected chi connectivity index (χ4v) is 1.60. The summed E-state index contributed by atoms with van der Waals surface area (Å²) >= 11 is 0. The van der Waals surface area contributed by atoms with Crippen LogP contribution in [0.25, 0.3) is 0 Å². The van der Waals surface area contributed by atoms with Crippen molar-refractivity contribution in [3.8, 4) is 6.07 Å². The van der Waals surface area contributed by atoms with Crippen LogP contribution in [0.1, 0.15) is 15.9 Å². The van der Waals surface area contributed by atoms with Crippen molar-refractivity contribution in [1.82, 2.24) is 0 Å². The van der Waals surface area contributed by atoms with E-state index >= 15 is 0 Å². The first-order chi connectivity index (χ1) is 9.92. The lowest BCUT2D eigenvalue weighted by molar-refractivity contribution is 0.102. The molecule has 0 fully saturated rings. The maximum absolute atomic E-state index is 13.6. The summed E-state index contributed by atoms with van der Waals surface area (Å²) in [5, 5.41) is 10.8. The molecule has 3 N–H and O–H groups in total. The molecule has 4 nitrogen and oxygen atoms in total. The third-order valence-corrected chi connectivity index (χ3v) is 2.69. The number of halogens is 3. The summed E-state index contributed by atoms with van der Waals surface area (Å²) in [5.41, 5.74) is 3.91. The second-order valence-electron chi connectivity index (χ2n) is 4.11. The highest BCUT2D eigenvalue weighted by molar-refractivity contribution is 6.04. The average molecular weight is 291 g/mol. The molecule has 0 saturated heterocycles. The molecule has 0 radical (unpaired) electrons. The van der Waals surface area contributed by atoms with Gasteiger partial charge in [0.25, 0.3) is 5.91 Å². The third-order valence-electron chi connectivity index (χ3n) is 2.69. The summed E-state index contributed by atoms with van der Waals surface area (Å²) in [6.07, 6.45) is 0. The zero-order valence-electron chi connectivity index (χ0n) is 10.5. The van der Waals surface area contributed by atoms with Crippen molar-refractivity contribution in [2.24, 2.45) is 0 Å². The maximum atomic E-state index is 13.6. The van der Waals surface area contributed by atoms with E-state index in [2.05, 4.69) is 5.32 Å². The van der Waals surface area contributed by atoms with Crippen molar-refractivity contribution < 1.29 is 18.0 Å². The van der Waals surface area contributed by atoms with Crippen LogP contribution in [0.15, 0.2) is 30.3 Å². The van der Waals surface area contributed by atoms with E-state index in [1.165, 1.54) is 12.1 Å². The predicted octanol–water partition coefficient (Wildman–Crippen LogP) is 2.81. The monoisotopic (exact) mass is 291 g/mol. The topological polar surface area (TPSA) is 78.9 Å². The molecule has 1 amide bonds. The van der Waals surface area contributed by atoms with Gasteiger partial charge in [-0.2, -0.15) is 5.26 Å². The number of carbonyl (C=O) groups is 1. The Labute approximate surface area is 117 Å². The van der Waals surface area contributed by atoms with Crippen LogP contribution >= 0.6 is 0 Å². The van der Waals surface area contributed by atoms with Gasteiger partial charge in [-0.05, 0) is 30.3 Å². The van der Waals surface area contributed by atoms with Gasteiger partial charge in [0, 0.05) is 5.56 Å². The van der Waals surface area contributed by atoms with Gasteiger partial charge in [0.05, 0.1) is 17.3 Å². The van der Waals surface area contributed by atoms with Gasteiger partial charge in [0.15, 0.2) is 0 Å². The van der Waals surface area contributed by atoms with Crippen LogP contribution in [0, 0.1) is 28.8 Å². The number of anilines is 2. The van der Waals surface area contributed by atoms with E-state index in [1.807, 2.05) is 0 Å². The largest absolute Gasteiger partial charge is 0.394 e. The molecule has 0 aromatic heterocycles. The molecule has 0 spiro atoms. The van der Waals surface area contributed by atoms with Gasteiger partial charge in [0.2, 0.25) is 0 Å². The molecule has 2 aromatic rings. The Bertz CT molecular complexity index is 746. The van der Waals surface area contributed by atoms with Gasteiger partial charge in [-0.1, -0.05) is 0 Å². The van der Waals surface area contributed by atoms with Gasteiger partial charge in [-0.25, -0.2) is 13.2 Å². The van der Waals surface area contributed by atoms with Gasteiger partial charge in [-0.15, -0.1) is 0 Å². The van der Waals surface area contributed by atoms with Crippen molar-refractivity contribution >= 4 is 17.3 Å². The number of nitrogens with two attached hydrogens (primary N) is 1. The molecule has 0 bridgehead atoms. The van der Waals surface area contributed by atoms with E-state index in [4.69, 9.17) is 11.0 Å². The molecule has 0 saturated carbocycles. The predicted molar refractivity (Wildman–Crippen MR) is 69.8 cm³/mol. The summed E-state index contributed by atoms with van der Waals surface area (Å²) < 4.78 is 40.1. The van der Waals surface area contributed by atoms with Crippen LogP contribution in [0.3, 0.4) is 0 Å². The summed E-state index contributed by atoms with van der Waals surface area (Å²) in [6, 6.07) is 6.63. The van der Waals surface area contributed by atoms with Gasteiger partial charge in [-0.3, -0.25) is 4.79 Å². The highest BCUT2D eigenvalue weighted by Gasteiger charge is 2.15. The molecule has 0 atom stereocenters. The zero-order valence-corrected chi connectivity index (χ0v) is 10.5. The highest BCUT2D eigenvalue weighted by atomic mass is 19.1. The van der Waals surface area contributed by atoms with Crippen molar-refractivity contribution in [3.63, 3.8) is 0 Å². The third kappa shape index (κ3) is 2.95. The van der Waals surface area contributed by atoms with Gasteiger partial charge in [0.1, 0.15) is 23.1 Å². The number of nitrogens with zero attached hydrogens (tertiary/aromatic N) is 1.